The van der Waals surface area contributed by atoms with Crippen LogP contribution in [0.1, 0.15) is 25.8 Å². The van der Waals surface area contributed by atoms with Gasteiger partial charge in [-0.05, 0) is 49.3 Å². The van der Waals surface area contributed by atoms with Crippen LogP contribution < -0.4 is 5.73 Å². The van der Waals surface area contributed by atoms with Crippen molar-refractivity contribution in [2.24, 2.45) is 5.73 Å². The fourth-order valence-corrected chi connectivity index (χ4v) is 2.52. The first kappa shape index (κ1) is 12.9. The van der Waals surface area contributed by atoms with Gasteiger partial charge in [0.25, 0.3) is 0 Å². The predicted molar refractivity (Wildman–Crippen MR) is 69.8 cm³/mol. The maximum absolute atomic E-state index is 5.98. The van der Waals surface area contributed by atoms with Gasteiger partial charge in [-0.2, -0.15) is 0 Å². The quantitative estimate of drug-likeness (QED) is 0.798. The third kappa shape index (κ3) is 4.45. The van der Waals surface area contributed by atoms with Gasteiger partial charge < -0.3 is 5.73 Å². The first-order valence-corrected chi connectivity index (χ1v) is 6.66. The lowest BCUT2D eigenvalue weighted by molar-refractivity contribution is 0.729. The van der Waals surface area contributed by atoms with Crippen molar-refractivity contribution in [1.82, 2.24) is 0 Å². The molecule has 0 radical (unpaired) electrons. The van der Waals surface area contributed by atoms with Crippen molar-refractivity contribution in [2.45, 2.75) is 37.6 Å². The van der Waals surface area contributed by atoms with E-state index < -0.39 is 0 Å². The topological polar surface area (TPSA) is 26.0 Å². The highest BCUT2D eigenvalue weighted by atomic mass is 35.5. The summed E-state index contributed by atoms with van der Waals surface area (Å²) in [6, 6.07) is 6.26. The Balaban J connectivity index is 2.82. The highest BCUT2D eigenvalue weighted by Gasteiger charge is 2.06. The number of halogens is 1. The lowest BCUT2D eigenvalue weighted by Crippen LogP contribution is -2.18. The van der Waals surface area contributed by atoms with Gasteiger partial charge in [-0.25, -0.2) is 0 Å². The summed E-state index contributed by atoms with van der Waals surface area (Å²) in [7, 11) is 0. The van der Waals surface area contributed by atoms with Gasteiger partial charge in [0.1, 0.15) is 0 Å². The van der Waals surface area contributed by atoms with Crippen molar-refractivity contribution >= 4 is 23.4 Å². The van der Waals surface area contributed by atoms with Crippen molar-refractivity contribution in [1.29, 1.82) is 0 Å². The minimum Gasteiger partial charge on any atom is -0.328 e. The van der Waals surface area contributed by atoms with Crippen LogP contribution in [0, 0.1) is 0 Å². The molecule has 1 unspecified atom stereocenters. The fraction of sp³-hybridized carbons (Fsp3) is 0.500. The molecule has 1 nitrogen and oxygen atoms in total. The van der Waals surface area contributed by atoms with E-state index >= 15 is 0 Å². The van der Waals surface area contributed by atoms with Crippen molar-refractivity contribution in [3.63, 3.8) is 0 Å². The van der Waals surface area contributed by atoms with Crippen LogP contribution in [-0.2, 0) is 6.42 Å². The summed E-state index contributed by atoms with van der Waals surface area (Å²) in [6.45, 7) is 4.21. The van der Waals surface area contributed by atoms with Crippen LogP contribution >= 0.6 is 23.4 Å². The third-order valence-electron chi connectivity index (χ3n) is 2.03. The predicted octanol–water partition coefficient (Wildman–Crippen LogP) is 3.73. The standard InChI is InChI=1S/C12H18ClNS/c1-3-6-15-12-5-4-11(13)8-10(12)7-9(2)14/h4-5,8-9H,3,6-7,14H2,1-2H3. The molecule has 0 saturated heterocycles. The van der Waals surface area contributed by atoms with Gasteiger partial charge >= 0.3 is 0 Å². The van der Waals surface area contributed by atoms with Gasteiger partial charge in [-0.15, -0.1) is 11.8 Å². The third-order valence-corrected chi connectivity index (χ3v) is 3.58. The molecular weight excluding hydrogens is 226 g/mol. The molecule has 0 spiro atoms. The van der Waals surface area contributed by atoms with Gasteiger partial charge in [-0.1, -0.05) is 18.5 Å². The number of hydrogen-bond donors (Lipinski definition) is 1. The number of thioether (sulfide) groups is 1. The van der Waals surface area contributed by atoms with Crippen LogP contribution in [0.2, 0.25) is 5.02 Å². The Labute approximate surface area is 101 Å². The van der Waals surface area contributed by atoms with Gasteiger partial charge in [-0.3, -0.25) is 0 Å². The Kier molecular flexibility index (Phi) is 5.51. The molecule has 0 saturated carbocycles. The van der Waals surface area contributed by atoms with Gasteiger partial charge in [0, 0.05) is 16.0 Å². The number of hydrogen-bond acceptors (Lipinski definition) is 2. The van der Waals surface area contributed by atoms with E-state index in [1.165, 1.54) is 16.9 Å². The SMILES string of the molecule is CCCSc1ccc(Cl)cc1CC(C)N. The molecular formula is C12H18ClNS. The molecule has 15 heavy (non-hydrogen) atoms. The molecule has 0 bridgehead atoms. The average Bonchev–Trinajstić information content (AvgIpc) is 2.16. The molecule has 3 heteroatoms. The second kappa shape index (κ2) is 6.41. The maximum atomic E-state index is 5.98. The van der Waals surface area contributed by atoms with E-state index in [9.17, 15) is 0 Å². The molecule has 0 fully saturated rings. The molecule has 0 heterocycles. The summed E-state index contributed by atoms with van der Waals surface area (Å²) >= 11 is 7.87. The zero-order valence-electron chi connectivity index (χ0n) is 9.29. The summed E-state index contributed by atoms with van der Waals surface area (Å²) in [5, 5.41) is 0.798. The van der Waals surface area contributed by atoms with E-state index in [0.717, 1.165) is 17.2 Å². The van der Waals surface area contributed by atoms with E-state index in [1.807, 2.05) is 30.8 Å². The lowest BCUT2D eigenvalue weighted by Gasteiger charge is -2.11. The minimum atomic E-state index is 0.185. The Hall–Kier alpha value is -0.180. The smallest absolute Gasteiger partial charge is 0.0409 e. The number of nitrogens with two attached hydrogens (primary N) is 1. The van der Waals surface area contributed by atoms with Crippen molar-refractivity contribution in [2.75, 3.05) is 5.75 Å². The van der Waals surface area contributed by atoms with E-state index in [2.05, 4.69) is 13.0 Å². The first-order chi connectivity index (χ1) is 7.13. The average molecular weight is 244 g/mol. The van der Waals surface area contributed by atoms with Crippen molar-refractivity contribution < 1.29 is 0 Å². The Morgan fingerprint density at radius 1 is 1.47 bits per heavy atom. The second-order valence-electron chi connectivity index (χ2n) is 3.78. The van der Waals surface area contributed by atoms with E-state index in [4.69, 9.17) is 17.3 Å². The van der Waals surface area contributed by atoms with Crippen LogP contribution in [0.25, 0.3) is 0 Å². The van der Waals surface area contributed by atoms with Crippen LogP contribution in [-0.4, -0.2) is 11.8 Å². The zero-order chi connectivity index (χ0) is 11.3. The molecule has 84 valence electrons. The molecule has 1 atom stereocenters. The molecule has 0 amide bonds. The molecule has 1 rings (SSSR count). The van der Waals surface area contributed by atoms with Crippen LogP contribution in [0.5, 0.6) is 0 Å². The molecule has 1 aromatic rings. The van der Waals surface area contributed by atoms with Crippen LogP contribution in [0.15, 0.2) is 23.1 Å². The van der Waals surface area contributed by atoms with Crippen LogP contribution in [0.4, 0.5) is 0 Å². The van der Waals surface area contributed by atoms with E-state index in [-0.39, 0.29) is 6.04 Å². The lowest BCUT2D eigenvalue weighted by atomic mass is 10.1. The molecule has 0 aliphatic carbocycles. The molecule has 0 aliphatic heterocycles. The Morgan fingerprint density at radius 3 is 2.80 bits per heavy atom. The van der Waals surface area contributed by atoms with Crippen molar-refractivity contribution in [3.8, 4) is 0 Å². The largest absolute Gasteiger partial charge is 0.328 e. The fourth-order valence-electron chi connectivity index (χ4n) is 1.41. The number of rotatable bonds is 5. The summed E-state index contributed by atoms with van der Waals surface area (Å²) in [4.78, 5) is 1.32. The van der Waals surface area contributed by atoms with Crippen molar-refractivity contribution in [3.05, 3.63) is 28.8 Å². The van der Waals surface area contributed by atoms with E-state index in [0.29, 0.717) is 0 Å². The van der Waals surface area contributed by atoms with E-state index in [1.54, 1.807) is 0 Å². The van der Waals surface area contributed by atoms with Gasteiger partial charge in [0.2, 0.25) is 0 Å². The molecule has 0 aliphatic rings. The minimum absolute atomic E-state index is 0.185. The molecule has 1 aromatic carbocycles. The zero-order valence-corrected chi connectivity index (χ0v) is 10.9. The Morgan fingerprint density at radius 2 is 2.20 bits per heavy atom. The van der Waals surface area contributed by atoms with Gasteiger partial charge in [0.15, 0.2) is 0 Å². The van der Waals surface area contributed by atoms with Gasteiger partial charge in [0.05, 0.1) is 0 Å². The Bertz CT molecular complexity index is 312. The first-order valence-electron chi connectivity index (χ1n) is 5.30. The van der Waals surface area contributed by atoms with Crippen LogP contribution in [0.3, 0.4) is 0 Å². The molecule has 0 aromatic heterocycles. The summed E-state index contributed by atoms with van der Waals surface area (Å²) in [5.41, 5.74) is 7.09. The summed E-state index contributed by atoms with van der Waals surface area (Å²) < 4.78 is 0. The normalized spacial score (nSPS) is 12.8. The molecule has 2 N–H and O–H groups in total. The highest BCUT2D eigenvalue weighted by Crippen LogP contribution is 2.27. The monoisotopic (exact) mass is 243 g/mol. The second-order valence-corrected chi connectivity index (χ2v) is 5.36. The maximum Gasteiger partial charge on any atom is 0.0409 e. The highest BCUT2D eigenvalue weighted by molar-refractivity contribution is 7.99. The number of benzene rings is 1. The summed E-state index contributed by atoms with van der Waals surface area (Å²) in [6.07, 6.45) is 2.08. The summed E-state index contributed by atoms with van der Waals surface area (Å²) in [5.74, 6) is 1.15.